The smallest absolute Gasteiger partial charge is 0.241 e. The molecule has 1 atom stereocenters. The van der Waals surface area contributed by atoms with E-state index in [9.17, 15) is 0 Å². The zero-order valence-electron chi connectivity index (χ0n) is 13.5. The van der Waals surface area contributed by atoms with Crippen molar-refractivity contribution in [1.29, 1.82) is 0 Å². The second-order valence-electron chi connectivity index (χ2n) is 6.13. The predicted octanol–water partition coefficient (Wildman–Crippen LogP) is 1.97. The molecular weight excluding hydrogens is 266 g/mol. The molecule has 7 heteroatoms. The van der Waals surface area contributed by atoms with E-state index in [1.807, 2.05) is 13.2 Å². The molecule has 0 aliphatic carbocycles. The lowest BCUT2D eigenvalue weighted by Crippen LogP contribution is -2.40. The van der Waals surface area contributed by atoms with Gasteiger partial charge in [-0.2, -0.15) is 15.0 Å². The molecule has 0 saturated heterocycles. The normalized spacial score (nSPS) is 13.0. The Labute approximate surface area is 125 Å². The minimum Gasteiger partial charge on any atom is -0.357 e. The highest BCUT2D eigenvalue weighted by Gasteiger charge is 2.26. The third-order valence-corrected chi connectivity index (χ3v) is 3.72. The second kappa shape index (κ2) is 5.67. The molecule has 0 aliphatic heterocycles. The molecule has 2 heterocycles. The molecule has 2 rings (SSSR count). The van der Waals surface area contributed by atoms with Gasteiger partial charge in [-0.25, -0.2) is 4.98 Å². The van der Waals surface area contributed by atoms with Crippen molar-refractivity contribution in [2.45, 2.75) is 33.7 Å². The van der Waals surface area contributed by atoms with Crippen LogP contribution in [0.4, 0.5) is 11.9 Å². The molecule has 0 radical (unpaired) electrons. The highest BCUT2D eigenvalue weighted by Crippen LogP contribution is 2.26. The highest BCUT2D eigenvalue weighted by atomic mass is 15.3. The van der Waals surface area contributed by atoms with Gasteiger partial charge in [0.1, 0.15) is 6.33 Å². The Morgan fingerprint density at radius 1 is 1.24 bits per heavy atom. The maximum atomic E-state index is 4.54. The fraction of sp³-hybridized carbons (Fsp3) is 0.571. The number of hydrogen-bond acceptors (Lipinski definition) is 6. The first-order valence-corrected chi connectivity index (χ1v) is 6.98. The van der Waals surface area contributed by atoms with Gasteiger partial charge in [0.15, 0.2) is 0 Å². The summed E-state index contributed by atoms with van der Waals surface area (Å²) in [6, 6.07) is 0.278. The summed E-state index contributed by atoms with van der Waals surface area (Å²) in [5, 5.41) is 2.98. The van der Waals surface area contributed by atoms with Crippen molar-refractivity contribution in [3.05, 3.63) is 18.7 Å². The molecule has 2 aromatic rings. The van der Waals surface area contributed by atoms with Crippen LogP contribution in [0.25, 0.3) is 5.95 Å². The molecule has 114 valence electrons. The van der Waals surface area contributed by atoms with E-state index in [-0.39, 0.29) is 11.5 Å². The molecule has 1 unspecified atom stereocenters. The van der Waals surface area contributed by atoms with Gasteiger partial charge < -0.3 is 10.2 Å². The number of imidazole rings is 1. The third-order valence-electron chi connectivity index (χ3n) is 3.72. The maximum absolute atomic E-state index is 4.54. The summed E-state index contributed by atoms with van der Waals surface area (Å²) in [5.41, 5.74) is 0.121. The summed E-state index contributed by atoms with van der Waals surface area (Å²) in [6.07, 6.45) is 5.18. The van der Waals surface area contributed by atoms with E-state index in [1.54, 1.807) is 24.1 Å². The monoisotopic (exact) mass is 289 g/mol. The van der Waals surface area contributed by atoms with Crippen LogP contribution < -0.4 is 10.2 Å². The molecule has 0 saturated carbocycles. The predicted molar refractivity (Wildman–Crippen MR) is 83.8 cm³/mol. The van der Waals surface area contributed by atoms with Crippen LogP contribution in [0.3, 0.4) is 0 Å². The summed E-state index contributed by atoms with van der Waals surface area (Å²) < 4.78 is 1.77. The topological polar surface area (TPSA) is 71.8 Å². The van der Waals surface area contributed by atoms with E-state index < -0.39 is 0 Å². The van der Waals surface area contributed by atoms with E-state index in [0.717, 1.165) is 0 Å². The molecule has 21 heavy (non-hydrogen) atoms. The lowest BCUT2D eigenvalue weighted by molar-refractivity contribution is 0.327. The molecule has 0 spiro atoms. The Hall–Kier alpha value is -2.18. The fourth-order valence-corrected chi connectivity index (χ4v) is 1.87. The van der Waals surface area contributed by atoms with E-state index in [4.69, 9.17) is 0 Å². The first-order chi connectivity index (χ1) is 9.82. The van der Waals surface area contributed by atoms with Crippen molar-refractivity contribution in [2.24, 2.45) is 5.41 Å². The van der Waals surface area contributed by atoms with Crippen molar-refractivity contribution in [2.75, 3.05) is 24.3 Å². The summed E-state index contributed by atoms with van der Waals surface area (Å²) in [4.78, 5) is 19.5. The van der Waals surface area contributed by atoms with Crippen molar-refractivity contribution in [1.82, 2.24) is 24.5 Å². The van der Waals surface area contributed by atoms with Gasteiger partial charge in [-0.1, -0.05) is 20.8 Å². The number of rotatable bonds is 4. The van der Waals surface area contributed by atoms with Gasteiger partial charge in [0.05, 0.1) is 0 Å². The SMILES string of the molecule is CNc1nc(N(C)C(C)C(C)(C)C)nc(-n2ccnc2)n1. The van der Waals surface area contributed by atoms with Crippen LogP contribution in [0, 0.1) is 5.41 Å². The van der Waals surface area contributed by atoms with Crippen molar-refractivity contribution >= 4 is 11.9 Å². The van der Waals surface area contributed by atoms with Gasteiger partial charge in [0, 0.05) is 32.5 Å². The Bertz CT molecular complexity index is 586. The molecule has 0 aromatic carbocycles. The Balaban J connectivity index is 2.42. The average molecular weight is 289 g/mol. The summed E-state index contributed by atoms with van der Waals surface area (Å²) >= 11 is 0. The highest BCUT2D eigenvalue weighted by molar-refractivity contribution is 5.40. The summed E-state index contributed by atoms with van der Waals surface area (Å²) in [6.45, 7) is 8.76. The van der Waals surface area contributed by atoms with E-state index >= 15 is 0 Å². The molecule has 0 fully saturated rings. The van der Waals surface area contributed by atoms with Gasteiger partial charge in [-0.05, 0) is 12.3 Å². The van der Waals surface area contributed by atoms with Gasteiger partial charge in [0.2, 0.25) is 17.8 Å². The second-order valence-corrected chi connectivity index (χ2v) is 6.13. The van der Waals surface area contributed by atoms with Crippen molar-refractivity contribution in [3.63, 3.8) is 0 Å². The number of anilines is 2. The Morgan fingerprint density at radius 3 is 2.48 bits per heavy atom. The zero-order chi connectivity index (χ0) is 15.6. The molecule has 1 N–H and O–H groups in total. The van der Waals surface area contributed by atoms with Gasteiger partial charge in [-0.3, -0.25) is 4.57 Å². The van der Waals surface area contributed by atoms with E-state index in [0.29, 0.717) is 17.8 Å². The van der Waals surface area contributed by atoms with Crippen LogP contribution in [-0.4, -0.2) is 44.6 Å². The molecule has 0 amide bonds. The quantitative estimate of drug-likeness (QED) is 0.928. The molecule has 2 aromatic heterocycles. The number of aromatic nitrogens is 5. The molecule has 0 bridgehead atoms. The van der Waals surface area contributed by atoms with Gasteiger partial charge in [-0.15, -0.1) is 0 Å². The number of nitrogens with zero attached hydrogens (tertiary/aromatic N) is 6. The van der Waals surface area contributed by atoms with Crippen LogP contribution in [0.2, 0.25) is 0 Å². The van der Waals surface area contributed by atoms with Crippen molar-refractivity contribution in [3.8, 4) is 5.95 Å². The fourth-order valence-electron chi connectivity index (χ4n) is 1.87. The van der Waals surface area contributed by atoms with Crippen LogP contribution in [0.15, 0.2) is 18.7 Å². The number of nitrogens with one attached hydrogen (secondary N) is 1. The Kier molecular flexibility index (Phi) is 4.11. The Morgan fingerprint density at radius 2 is 1.95 bits per heavy atom. The largest absolute Gasteiger partial charge is 0.357 e. The third kappa shape index (κ3) is 3.29. The minimum atomic E-state index is 0.121. The zero-order valence-corrected chi connectivity index (χ0v) is 13.5. The molecular formula is C14H23N7. The maximum Gasteiger partial charge on any atom is 0.241 e. The summed E-state index contributed by atoms with van der Waals surface area (Å²) in [7, 11) is 3.80. The van der Waals surface area contributed by atoms with E-state index in [2.05, 4.69) is 57.8 Å². The van der Waals surface area contributed by atoms with Crippen LogP contribution in [0.1, 0.15) is 27.7 Å². The molecule has 0 aliphatic rings. The number of hydrogen-bond donors (Lipinski definition) is 1. The van der Waals surface area contributed by atoms with E-state index in [1.165, 1.54) is 0 Å². The van der Waals surface area contributed by atoms with Crippen LogP contribution in [0.5, 0.6) is 0 Å². The lowest BCUT2D eigenvalue weighted by Gasteiger charge is -2.35. The molecule has 7 nitrogen and oxygen atoms in total. The van der Waals surface area contributed by atoms with Gasteiger partial charge >= 0.3 is 0 Å². The first-order valence-electron chi connectivity index (χ1n) is 6.98. The lowest BCUT2D eigenvalue weighted by atomic mass is 9.87. The average Bonchev–Trinajstić information content (AvgIpc) is 2.98. The summed E-state index contributed by atoms with van der Waals surface area (Å²) in [5.74, 6) is 1.73. The van der Waals surface area contributed by atoms with Crippen LogP contribution in [-0.2, 0) is 0 Å². The first kappa shape index (κ1) is 15.2. The van der Waals surface area contributed by atoms with Crippen LogP contribution >= 0.6 is 0 Å². The van der Waals surface area contributed by atoms with Crippen molar-refractivity contribution < 1.29 is 0 Å². The van der Waals surface area contributed by atoms with Gasteiger partial charge in [0.25, 0.3) is 0 Å². The standard InChI is InChI=1S/C14H23N7/c1-10(14(2,3)4)20(6)12-17-11(15-5)18-13(19-12)21-8-7-16-9-21/h7-10H,1-6H3,(H,15,17,18,19). The minimum absolute atomic E-state index is 0.121.